The lowest BCUT2D eigenvalue weighted by Gasteiger charge is -2.24. The molecular formula is C14H20BrN3O2. The standard InChI is InChI=1S/C14H20BrN3O2/c1-9(2)18-8-10(15)7-12(18)14(20)17-6-4-5-11(17)13(19)16-3/h7-9,11H,4-6H2,1-3H3,(H,16,19). The van der Waals surface area contributed by atoms with Gasteiger partial charge in [0.05, 0.1) is 0 Å². The lowest BCUT2D eigenvalue weighted by atomic mass is 10.2. The van der Waals surface area contributed by atoms with E-state index in [1.165, 1.54) is 0 Å². The minimum Gasteiger partial charge on any atom is -0.357 e. The van der Waals surface area contributed by atoms with Crippen LogP contribution >= 0.6 is 15.9 Å². The zero-order valence-corrected chi connectivity index (χ0v) is 13.6. The number of halogens is 1. The second-order valence-electron chi connectivity index (χ2n) is 5.32. The summed E-state index contributed by atoms with van der Waals surface area (Å²) in [4.78, 5) is 26.3. The third-order valence-corrected chi connectivity index (χ3v) is 4.09. The summed E-state index contributed by atoms with van der Waals surface area (Å²) in [6, 6.07) is 1.67. The Morgan fingerprint density at radius 2 is 2.15 bits per heavy atom. The van der Waals surface area contributed by atoms with E-state index in [0.717, 1.165) is 17.3 Å². The van der Waals surface area contributed by atoms with Crippen LogP contribution in [0.15, 0.2) is 16.7 Å². The molecule has 0 spiro atoms. The molecule has 0 aromatic carbocycles. The number of hydrogen-bond acceptors (Lipinski definition) is 2. The Balaban J connectivity index is 2.29. The lowest BCUT2D eigenvalue weighted by Crippen LogP contribution is -2.45. The third-order valence-electron chi connectivity index (χ3n) is 3.65. The molecular weight excluding hydrogens is 322 g/mol. The molecule has 1 atom stereocenters. The average Bonchev–Trinajstić information content (AvgIpc) is 3.03. The van der Waals surface area contributed by atoms with E-state index in [4.69, 9.17) is 0 Å². The second kappa shape index (κ2) is 5.99. The summed E-state index contributed by atoms with van der Waals surface area (Å²) in [5.41, 5.74) is 0.627. The SMILES string of the molecule is CNC(=O)C1CCCN1C(=O)c1cc(Br)cn1C(C)C. The smallest absolute Gasteiger partial charge is 0.271 e. The number of likely N-dealkylation sites (N-methyl/N-ethyl adjacent to an activating group) is 1. The Labute approximate surface area is 127 Å². The predicted molar refractivity (Wildman–Crippen MR) is 80.6 cm³/mol. The van der Waals surface area contributed by atoms with Gasteiger partial charge in [-0.2, -0.15) is 0 Å². The Kier molecular flexibility index (Phi) is 4.52. The summed E-state index contributed by atoms with van der Waals surface area (Å²) >= 11 is 3.42. The first-order valence-corrected chi connectivity index (χ1v) is 7.65. The molecule has 5 nitrogen and oxygen atoms in total. The van der Waals surface area contributed by atoms with Crippen LogP contribution < -0.4 is 5.32 Å². The van der Waals surface area contributed by atoms with Gasteiger partial charge in [-0.05, 0) is 48.7 Å². The number of rotatable bonds is 3. The van der Waals surface area contributed by atoms with Crippen molar-refractivity contribution in [3.05, 3.63) is 22.4 Å². The van der Waals surface area contributed by atoms with Gasteiger partial charge in [0.1, 0.15) is 11.7 Å². The molecule has 1 N–H and O–H groups in total. The molecule has 1 unspecified atom stereocenters. The minimum absolute atomic E-state index is 0.0736. The van der Waals surface area contributed by atoms with Gasteiger partial charge in [0.2, 0.25) is 5.91 Å². The van der Waals surface area contributed by atoms with Crippen molar-refractivity contribution in [3.63, 3.8) is 0 Å². The molecule has 0 aliphatic carbocycles. The molecule has 0 saturated carbocycles. The van der Waals surface area contributed by atoms with Crippen LogP contribution in [0.3, 0.4) is 0 Å². The van der Waals surface area contributed by atoms with Crippen molar-refractivity contribution < 1.29 is 9.59 Å². The summed E-state index contributed by atoms with van der Waals surface area (Å²) in [7, 11) is 1.61. The minimum atomic E-state index is -0.346. The molecule has 1 saturated heterocycles. The molecule has 0 radical (unpaired) electrons. The molecule has 1 aromatic rings. The van der Waals surface area contributed by atoms with E-state index in [0.29, 0.717) is 12.2 Å². The van der Waals surface area contributed by atoms with E-state index in [2.05, 4.69) is 21.2 Å². The molecule has 1 fully saturated rings. The fourth-order valence-electron chi connectivity index (χ4n) is 2.64. The topological polar surface area (TPSA) is 54.3 Å². The van der Waals surface area contributed by atoms with Crippen molar-refractivity contribution in [2.24, 2.45) is 0 Å². The van der Waals surface area contributed by atoms with Crippen molar-refractivity contribution in [1.82, 2.24) is 14.8 Å². The Morgan fingerprint density at radius 1 is 1.45 bits per heavy atom. The molecule has 110 valence electrons. The maximum atomic E-state index is 12.7. The van der Waals surface area contributed by atoms with Gasteiger partial charge in [-0.1, -0.05) is 0 Å². The number of nitrogens with one attached hydrogen (secondary N) is 1. The monoisotopic (exact) mass is 341 g/mol. The highest BCUT2D eigenvalue weighted by Gasteiger charge is 2.35. The van der Waals surface area contributed by atoms with E-state index in [-0.39, 0.29) is 23.9 Å². The van der Waals surface area contributed by atoms with Crippen molar-refractivity contribution in [2.75, 3.05) is 13.6 Å². The van der Waals surface area contributed by atoms with Crippen molar-refractivity contribution in [2.45, 2.75) is 38.8 Å². The molecule has 2 heterocycles. The summed E-state index contributed by atoms with van der Waals surface area (Å²) in [6.07, 6.45) is 3.51. The van der Waals surface area contributed by atoms with Crippen LogP contribution in [0.1, 0.15) is 43.2 Å². The Hall–Kier alpha value is -1.30. The Bertz CT molecular complexity index is 524. The summed E-state index contributed by atoms with van der Waals surface area (Å²) in [5, 5.41) is 2.64. The fourth-order valence-corrected chi connectivity index (χ4v) is 3.08. The van der Waals surface area contributed by atoms with Crippen LogP contribution in [0.5, 0.6) is 0 Å². The Morgan fingerprint density at radius 3 is 2.75 bits per heavy atom. The number of aromatic nitrogens is 1. The fraction of sp³-hybridized carbons (Fsp3) is 0.571. The molecule has 20 heavy (non-hydrogen) atoms. The quantitative estimate of drug-likeness (QED) is 0.916. The molecule has 2 amide bonds. The predicted octanol–water partition coefficient (Wildman–Crippen LogP) is 2.18. The highest BCUT2D eigenvalue weighted by Crippen LogP contribution is 2.25. The summed E-state index contributed by atoms with van der Waals surface area (Å²) in [5.74, 6) is -0.159. The van der Waals surface area contributed by atoms with Crippen LogP contribution in [0.25, 0.3) is 0 Å². The normalized spacial score (nSPS) is 18.6. The van der Waals surface area contributed by atoms with Crippen LogP contribution in [-0.2, 0) is 4.79 Å². The molecule has 1 aromatic heterocycles. The average molecular weight is 342 g/mol. The summed E-state index contributed by atoms with van der Waals surface area (Å²) in [6.45, 7) is 4.70. The van der Waals surface area contributed by atoms with Crippen molar-refractivity contribution in [1.29, 1.82) is 0 Å². The number of nitrogens with zero attached hydrogens (tertiary/aromatic N) is 2. The zero-order chi connectivity index (χ0) is 14.9. The number of amides is 2. The van der Waals surface area contributed by atoms with Gasteiger partial charge in [-0.15, -0.1) is 0 Å². The molecule has 1 aliphatic rings. The zero-order valence-electron chi connectivity index (χ0n) is 12.0. The number of carbonyl (C=O) groups is 2. The summed E-state index contributed by atoms with van der Waals surface area (Å²) < 4.78 is 2.82. The second-order valence-corrected chi connectivity index (χ2v) is 6.23. The van der Waals surface area contributed by atoms with Gasteiger partial charge >= 0.3 is 0 Å². The van der Waals surface area contributed by atoms with E-state index >= 15 is 0 Å². The largest absolute Gasteiger partial charge is 0.357 e. The first-order chi connectivity index (χ1) is 9.45. The lowest BCUT2D eigenvalue weighted by molar-refractivity contribution is -0.124. The first-order valence-electron chi connectivity index (χ1n) is 6.85. The first kappa shape index (κ1) is 15.1. The van der Waals surface area contributed by atoms with Crippen LogP contribution in [0, 0.1) is 0 Å². The van der Waals surface area contributed by atoms with E-state index < -0.39 is 0 Å². The highest BCUT2D eigenvalue weighted by atomic mass is 79.9. The number of carbonyl (C=O) groups excluding carboxylic acids is 2. The van der Waals surface area contributed by atoms with Crippen molar-refractivity contribution >= 4 is 27.7 Å². The number of hydrogen-bond donors (Lipinski definition) is 1. The van der Waals surface area contributed by atoms with E-state index in [1.54, 1.807) is 11.9 Å². The van der Waals surface area contributed by atoms with Gasteiger partial charge in [0.15, 0.2) is 0 Å². The molecule has 6 heteroatoms. The van der Waals surface area contributed by atoms with E-state index in [9.17, 15) is 9.59 Å². The van der Waals surface area contributed by atoms with Gasteiger partial charge in [0.25, 0.3) is 5.91 Å². The maximum absolute atomic E-state index is 12.7. The van der Waals surface area contributed by atoms with Crippen LogP contribution in [-0.4, -0.2) is 40.9 Å². The molecule has 1 aliphatic heterocycles. The van der Waals surface area contributed by atoms with Crippen LogP contribution in [0.2, 0.25) is 0 Å². The van der Waals surface area contributed by atoms with Gasteiger partial charge < -0.3 is 14.8 Å². The van der Waals surface area contributed by atoms with Gasteiger partial charge in [-0.3, -0.25) is 9.59 Å². The van der Waals surface area contributed by atoms with Crippen LogP contribution in [0.4, 0.5) is 0 Å². The van der Waals surface area contributed by atoms with Gasteiger partial charge in [-0.25, -0.2) is 0 Å². The van der Waals surface area contributed by atoms with Gasteiger partial charge in [0, 0.05) is 30.3 Å². The number of likely N-dealkylation sites (tertiary alicyclic amines) is 1. The third kappa shape index (κ3) is 2.75. The van der Waals surface area contributed by atoms with Crippen molar-refractivity contribution in [3.8, 4) is 0 Å². The molecule has 2 rings (SSSR count). The maximum Gasteiger partial charge on any atom is 0.271 e. The van der Waals surface area contributed by atoms with E-state index in [1.807, 2.05) is 30.7 Å². The highest BCUT2D eigenvalue weighted by molar-refractivity contribution is 9.10. The molecule has 0 bridgehead atoms.